The first-order valence-corrected chi connectivity index (χ1v) is 17.0. The molecule has 224 valence electrons. The maximum Gasteiger partial charge on any atom is 0.161 e. The zero-order valence-electron chi connectivity index (χ0n) is 25.8. The first-order chi connectivity index (χ1) is 23.8. The Morgan fingerprint density at radius 1 is 0.438 bits per heavy atom. The maximum atomic E-state index is 5.24. The van der Waals surface area contributed by atoms with Crippen LogP contribution in [0.1, 0.15) is 0 Å². The quantitative estimate of drug-likeness (QED) is 0.194. The van der Waals surface area contributed by atoms with Crippen LogP contribution in [0.15, 0.2) is 164 Å². The summed E-state index contributed by atoms with van der Waals surface area (Å²) in [5, 5.41) is 6.00. The lowest BCUT2D eigenvalue weighted by Gasteiger charge is -2.10. The highest BCUT2D eigenvalue weighted by molar-refractivity contribution is 7.26. The average Bonchev–Trinajstić information content (AvgIpc) is 3.70. The second-order valence-electron chi connectivity index (χ2n) is 12.2. The van der Waals surface area contributed by atoms with E-state index in [1.165, 1.54) is 58.8 Å². The van der Waals surface area contributed by atoms with Crippen LogP contribution in [0, 0.1) is 0 Å². The minimum Gasteiger partial charge on any atom is -0.309 e. The summed E-state index contributed by atoms with van der Waals surface area (Å²) < 4.78 is 4.86. The summed E-state index contributed by atoms with van der Waals surface area (Å²) in [5.41, 5.74) is 10.0. The van der Waals surface area contributed by atoms with E-state index in [2.05, 4.69) is 162 Å². The van der Waals surface area contributed by atoms with Crippen LogP contribution < -0.4 is 0 Å². The lowest BCUT2D eigenvalue weighted by atomic mass is 9.99. The number of hydrogen-bond acceptors (Lipinski definition) is 3. The van der Waals surface area contributed by atoms with Gasteiger partial charge in [0.25, 0.3) is 0 Å². The maximum absolute atomic E-state index is 5.24. The van der Waals surface area contributed by atoms with Crippen molar-refractivity contribution in [1.82, 2.24) is 14.5 Å². The Morgan fingerprint density at radius 2 is 1.12 bits per heavy atom. The number of thiophene rings is 1. The molecule has 0 radical (unpaired) electrons. The third kappa shape index (κ3) is 4.20. The van der Waals surface area contributed by atoms with E-state index in [4.69, 9.17) is 9.97 Å². The predicted molar refractivity (Wildman–Crippen MR) is 203 cm³/mol. The molecular weight excluding hydrogens is 603 g/mol. The van der Waals surface area contributed by atoms with Crippen molar-refractivity contribution in [3.8, 4) is 39.5 Å². The third-order valence-electron chi connectivity index (χ3n) is 9.41. The van der Waals surface area contributed by atoms with Crippen molar-refractivity contribution in [2.24, 2.45) is 0 Å². The summed E-state index contributed by atoms with van der Waals surface area (Å²) in [5.74, 6) is 0.749. The van der Waals surface area contributed by atoms with Gasteiger partial charge in [-0.25, -0.2) is 9.97 Å². The summed E-state index contributed by atoms with van der Waals surface area (Å²) >= 11 is 1.83. The molecule has 0 bridgehead atoms. The molecule has 0 saturated carbocycles. The van der Waals surface area contributed by atoms with Crippen LogP contribution in [-0.4, -0.2) is 14.5 Å². The van der Waals surface area contributed by atoms with Gasteiger partial charge in [0.2, 0.25) is 0 Å². The Kier molecular flexibility index (Phi) is 6.05. The summed E-state index contributed by atoms with van der Waals surface area (Å²) in [6, 6.07) is 58.3. The van der Waals surface area contributed by atoms with Crippen molar-refractivity contribution in [1.29, 1.82) is 0 Å². The Morgan fingerprint density at radius 3 is 1.98 bits per heavy atom. The third-order valence-corrected chi connectivity index (χ3v) is 10.5. The fraction of sp³-hybridized carbons (Fsp3) is 0. The van der Waals surface area contributed by atoms with Gasteiger partial charge in [-0.3, -0.25) is 0 Å². The summed E-state index contributed by atoms with van der Waals surface area (Å²) in [7, 11) is 0. The topological polar surface area (TPSA) is 30.7 Å². The van der Waals surface area contributed by atoms with Crippen molar-refractivity contribution >= 4 is 64.2 Å². The SMILES string of the molecule is c1ccc(-c2nc(-c3cccc4sc5ccc(-c6ccc7c(c6)c6ccccc6n7-c6ccccc6)cc5c34)nc3ccccc23)cc1. The molecule has 0 spiro atoms. The van der Waals surface area contributed by atoms with Gasteiger partial charge in [0.15, 0.2) is 5.82 Å². The highest BCUT2D eigenvalue weighted by Gasteiger charge is 2.18. The first-order valence-electron chi connectivity index (χ1n) is 16.2. The van der Waals surface area contributed by atoms with Crippen LogP contribution in [0.4, 0.5) is 0 Å². The van der Waals surface area contributed by atoms with Gasteiger partial charge in [-0.05, 0) is 65.7 Å². The van der Waals surface area contributed by atoms with Gasteiger partial charge < -0.3 is 4.57 Å². The zero-order valence-corrected chi connectivity index (χ0v) is 26.7. The second-order valence-corrected chi connectivity index (χ2v) is 13.3. The van der Waals surface area contributed by atoms with Gasteiger partial charge in [-0.1, -0.05) is 109 Å². The molecule has 48 heavy (non-hydrogen) atoms. The molecule has 0 amide bonds. The van der Waals surface area contributed by atoms with E-state index in [0.717, 1.165) is 33.5 Å². The molecule has 7 aromatic carbocycles. The smallest absolute Gasteiger partial charge is 0.161 e. The van der Waals surface area contributed by atoms with Crippen molar-refractivity contribution in [2.75, 3.05) is 0 Å². The second kappa shape index (κ2) is 10.7. The lowest BCUT2D eigenvalue weighted by Crippen LogP contribution is -1.95. The van der Waals surface area contributed by atoms with Gasteiger partial charge in [0.1, 0.15) is 0 Å². The normalized spacial score (nSPS) is 11.8. The number of para-hydroxylation sites is 3. The molecule has 0 N–H and O–H groups in total. The van der Waals surface area contributed by atoms with Crippen LogP contribution in [-0.2, 0) is 0 Å². The standard InChI is InChI=1S/C44H27N3S/c1-3-12-28(13-4-1)43-33-17-7-9-19-37(33)45-44(46-43)34-18-11-21-41-42(34)36-27-30(23-25-40(36)48-41)29-22-24-39-35(26-29)32-16-8-10-20-38(32)47(39)31-14-5-2-6-15-31/h1-27H. The van der Waals surface area contributed by atoms with Crippen LogP contribution >= 0.6 is 11.3 Å². The molecule has 3 aromatic heterocycles. The van der Waals surface area contributed by atoms with E-state index in [9.17, 15) is 0 Å². The van der Waals surface area contributed by atoms with E-state index in [1.54, 1.807) is 0 Å². The van der Waals surface area contributed by atoms with E-state index < -0.39 is 0 Å². The molecule has 0 aliphatic heterocycles. The Bertz CT molecular complexity index is 2830. The van der Waals surface area contributed by atoms with Gasteiger partial charge in [0, 0.05) is 53.1 Å². The van der Waals surface area contributed by atoms with E-state index in [0.29, 0.717) is 0 Å². The minimum absolute atomic E-state index is 0.749. The zero-order chi connectivity index (χ0) is 31.6. The molecule has 0 unspecified atom stereocenters. The van der Waals surface area contributed by atoms with Crippen LogP contribution in [0.25, 0.3) is 92.3 Å². The van der Waals surface area contributed by atoms with E-state index in [1.807, 2.05) is 17.4 Å². The van der Waals surface area contributed by atoms with Crippen LogP contribution in [0.5, 0.6) is 0 Å². The summed E-state index contributed by atoms with van der Waals surface area (Å²) in [6.45, 7) is 0. The van der Waals surface area contributed by atoms with Crippen molar-refractivity contribution in [2.45, 2.75) is 0 Å². The van der Waals surface area contributed by atoms with E-state index in [-0.39, 0.29) is 0 Å². The highest BCUT2D eigenvalue weighted by atomic mass is 32.1. The fourth-order valence-electron chi connectivity index (χ4n) is 7.21. The number of rotatable bonds is 4. The molecule has 3 heterocycles. The van der Waals surface area contributed by atoms with Gasteiger partial charge in [0.05, 0.1) is 22.2 Å². The highest BCUT2D eigenvalue weighted by Crippen LogP contribution is 2.42. The number of hydrogen-bond donors (Lipinski definition) is 0. The molecule has 10 aromatic rings. The molecule has 0 fully saturated rings. The molecule has 0 saturated heterocycles. The van der Waals surface area contributed by atoms with Crippen molar-refractivity contribution in [3.05, 3.63) is 164 Å². The van der Waals surface area contributed by atoms with Gasteiger partial charge >= 0.3 is 0 Å². The molecule has 0 aliphatic rings. The molecule has 0 atom stereocenters. The van der Waals surface area contributed by atoms with Gasteiger partial charge in [-0.15, -0.1) is 11.3 Å². The largest absolute Gasteiger partial charge is 0.309 e. The molecular formula is C44H27N3S. The molecule has 10 rings (SSSR count). The number of benzene rings is 7. The molecule has 4 heteroatoms. The Labute approximate surface area is 281 Å². The molecule has 0 aliphatic carbocycles. The van der Waals surface area contributed by atoms with Gasteiger partial charge in [-0.2, -0.15) is 0 Å². The van der Waals surface area contributed by atoms with Crippen LogP contribution in [0.2, 0.25) is 0 Å². The average molecular weight is 630 g/mol. The number of nitrogens with zero attached hydrogens (tertiary/aromatic N) is 3. The van der Waals surface area contributed by atoms with E-state index >= 15 is 0 Å². The minimum atomic E-state index is 0.749. The van der Waals surface area contributed by atoms with Crippen molar-refractivity contribution in [3.63, 3.8) is 0 Å². The summed E-state index contributed by atoms with van der Waals surface area (Å²) in [6.07, 6.45) is 0. The first kappa shape index (κ1) is 27.1. The predicted octanol–water partition coefficient (Wildman–Crippen LogP) is 12.1. The Balaban J connectivity index is 1.17. The van der Waals surface area contributed by atoms with Crippen molar-refractivity contribution < 1.29 is 0 Å². The fourth-order valence-corrected chi connectivity index (χ4v) is 8.33. The number of fused-ring (bicyclic) bond motifs is 7. The number of aromatic nitrogens is 3. The monoisotopic (exact) mass is 629 g/mol. The lowest BCUT2D eigenvalue weighted by molar-refractivity contribution is 1.18. The molecule has 3 nitrogen and oxygen atoms in total. The van der Waals surface area contributed by atoms with Crippen LogP contribution in [0.3, 0.4) is 0 Å². The Hall–Kier alpha value is -6.10. The summed E-state index contributed by atoms with van der Waals surface area (Å²) in [4.78, 5) is 10.4.